The Kier molecular flexibility index (Phi) is 6.53. The van der Waals surface area contributed by atoms with Crippen LogP contribution in [0.4, 0.5) is 13.2 Å². The number of carbonyl (C=O) groups is 1. The molecule has 0 aliphatic rings. The smallest absolute Gasteiger partial charge is 0.417 e. The second kappa shape index (κ2) is 6.85. The quantitative estimate of drug-likeness (QED) is 0.843. The molecular formula is C13H16Cl2F3NO2. The number of methoxy groups -OCH3 is 1. The molecule has 8 heteroatoms. The number of ether oxygens (including phenoxy) is 1. The van der Waals surface area contributed by atoms with Gasteiger partial charge in [-0.3, -0.25) is 4.79 Å². The maximum atomic E-state index is 12.8. The van der Waals surface area contributed by atoms with Crippen LogP contribution in [0.3, 0.4) is 0 Å². The van der Waals surface area contributed by atoms with Crippen molar-refractivity contribution < 1.29 is 22.7 Å². The first kappa shape index (κ1) is 20.0. The lowest BCUT2D eigenvalue weighted by Crippen LogP contribution is -2.37. The molecule has 1 atom stereocenters. The van der Waals surface area contributed by atoms with Crippen LogP contribution >= 0.6 is 24.0 Å². The second-order valence-electron chi connectivity index (χ2n) is 4.90. The average Bonchev–Trinajstić information content (AvgIpc) is 2.35. The van der Waals surface area contributed by atoms with E-state index in [1.165, 1.54) is 33.1 Å². The maximum Gasteiger partial charge on any atom is 0.417 e. The summed E-state index contributed by atoms with van der Waals surface area (Å²) < 4.78 is 43.0. The van der Waals surface area contributed by atoms with Gasteiger partial charge in [-0.2, -0.15) is 13.2 Å². The molecule has 0 fully saturated rings. The van der Waals surface area contributed by atoms with Crippen molar-refractivity contribution in [3.05, 3.63) is 34.3 Å². The first-order chi connectivity index (χ1) is 9.03. The molecule has 0 aromatic heterocycles. The Bertz CT molecular complexity index is 519. The van der Waals surface area contributed by atoms with Crippen LogP contribution in [0, 0.1) is 5.41 Å². The van der Waals surface area contributed by atoms with E-state index in [1.54, 1.807) is 0 Å². The normalized spacial score (nSPS) is 13.3. The van der Waals surface area contributed by atoms with Gasteiger partial charge in [-0.15, -0.1) is 12.4 Å². The number of hydrogen-bond acceptors (Lipinski definition) is 3. The molecule has 1 aromatic carbocycles. The number of alkyl halides is 3. The molecule has 0 heterocycles. The molecule has 21 heavy (non-hydrogen) atoms. The molecule has 0 aliphatic carbocycles. The summed E-state index contributed by atoms with van der Waals surface area (Å²) in [7, 11) is 1.19. The maximum absolute atomic E-state index is 12.8. The van der Waals surface area contributed by atoms with Crippen LogP contribution < -0.4 is 5.73 Å². The molecule has 120 valence electrons. The predicted molar refractivity (Wildman–Crippen MR) is 76.4 cm³/mol. The van der Waals surface area contributed by atoms with Gasteiger partial charge in [0.15, 0.2) is 0 Å². The van der Waals surface area contributed by atoms with Crippen molar-refractivity contribution in [2.45, 2.75) is 26.1 Å². The predicted octanol–water partition coefficient (Wildman–Crippen LogP) is 3.98. The summed E-state index contributed by atoms with van der Waals surface area (Å²) in [6, 6.07) is 2.41. The van der Waals surface area contributed by atoms with Crippen LogP contribution in [0.15, 0.2) is 18.2 Å². The minimum Gasteiger partial charge on any atom is -0.469 e. The van der Waals surface area contributed by atoms with Gasteiger partial charge in [-0.25, -0.2) is 0 Å². The van der Waals surface area contributed by atoms with Gasteiger partial charge >= 0.3 is 12.1 Å². The van der Waals surface area contributed by atoms with E-state index in [0.717, 1.165) is 6.07 Å². The van der Waals surface area contributed by atoms with Gasteiger partial charge in [0, 0.05) is 6.04 Å². The summed E-state index contributed by atoms with van der Waals surface area (Å²) in [5.41, 5.74) is 3.78. The summed E-state index contributed by atoms with van der Waals surface area (Å²) in [4.78, 5) is 11.7. The first-order valence-corrected chi connectivity index (χ1v) is 6.11. The summed E-state index contributed by atoms with van der Waals surface area (Å²) >= 11 is 5.79. The Morgan fingerprint density at radius 2 is 1.86 bits per heavy atom. The van der Waals surface area contributed by atoms with E-state index >= 15 is 0 Å². The van der Waals surface area contributed by atoms with Crippen molar-refractivity contribution >= 4 is 30.0 Å². The summed E-state index contributed by atoms with van der Waals surface area (Å²) in [6.07, 6.45) is -4.58. The fraction of sp³-hybridized carbons (Fsp3) is 0.462. The Labute approximate surface area is 132 Å². The largest absolute Gasteiger partial charge is 0.469 e. The Balaban J connectivity index is 0.00000400. The topological polar surface area (TPSA) is 52.3 Å². The second-order valence-corrected chi connectivity index (χ2v) is 5.28. The van der Waals surface area contributed by atoms with E-state index in [4.69, 9.17) is 17.3 Å². The highest BCUT2D eigenvalue weighted by Crippen LogP contribution is 2.41. The molecular weight excluding hydrogens is 330 g/mol. The molecule has 0 bridgehead atoms. The highest BCUT2D eigenvalue weighted by atomic mass is 35.5. The van der Waals surface area contributed by atoms with Crippen LogP contribution in [0.5, 0.6) is 0 Å². The summed E-state index contributed by atoms with van der Waals surface area (Å²) in [5.74, 6) is -0.626. The van der Waals surface area contributed by atoms with E-state index < -0.39 is 34.2 Å². The third-order valence-corrected chi connectivity index (χ3v) is 3.58. The lowest BCUT2D eigenvalue weighted by atomic mass is 9.80. The van der Waals surface area contributed by atoms with E-state index in [1.807, 2.05) is 0 Å². The SMILES string of the molecule is COC(=O)C(C)(C)[C@@H](N)c1cccc(C(F)(F)F)c1Cl.Cl. The standard InChI is InChI=1S/C13H15ClF3NO2.ClH/c1-12(2,11(19)20-3)10(18)7-5-4-6-8(9(7)14)13(15,16)17;/h4-6,10H,18H2,1-3H3;1H/t10-;/m0./s1. The van der Waals surface area contributed by atoms with Crippen LogP contribution in [-0.4, -0.2) is 13.1 Å². The number of halogens is 5. The fourth-order valence-corrected chi connectivity index (χ4v) is 2.14. The van der Waals surface area contributed by atoms with Gasteiger partial charge in [0.2, 0.25) is 0 Å². The van der Waals surface area contributed by atoms with Crippen LogP contribution in [0.2, 0.25) is 5.02 Å². The fourth-order valence-electron chi connectivity index (χ4n) is 1.79. The van der Waals surface area contributed by atoms with E-state index in [0.29, 0.717) is 0 Å². The van der Waals surface area contributed by atoms with Crippen molar-refractivity contribution in [3.8, 4) is 0 Å². The molecule has 1 aromatic rings. The molecule has 1 rings (SSSR count). The van der Waals surface area contributed by atoms with Gasteiger partial charge in [-0.05, 0) is 25.5 Å². The number of hydrogen-bond donors (Lipinski definition) is 1. The van der Waals surface area contributed by atoms with E-state index in [2.05, 4.69) is 4.74 Å². The summed E-state index contributed by atoms with van der Waals surface area (Å²) in [5, 5.41) is -0.496. The molecule has 0 spiro atoms. The van der Waals surface area contributed by atoms with Crippen molar-refractivity contribution in [2.24, 2.45) is 11.1 Å². The lowest BCUT2D eigenvalue weighted by Gasteiger charge is -2.30. The molecule has 3 nitrogen and oxygen atoms in total. The Hall–Kier alpha value is -0.980. The van der Waals surface area contributed by atoms with Gasteiger partial charge in [0.05, 0.1) is 23.1 Å². The highest BCUT2D eigenvalue weighted by molar-refractivity contribution is 6.32. The zero-order chi connectivity index (χ0) is 15.7. The molecule has 2 N–H and O–H groups in total. The minimum atomic E-state index is -4.58. The molecule has 0 saturated heterocycles. The first-order valence-electron chi connectivity index (χ1n) is 5.73. The van der Waals surface area contributed by atoms with Gasteiger partial charge < -0.3 is 10.5 Å². The monoisotopic (exact) mass is 345 g/mol. The number of rotatable bonds is 3. The van der Waals surface area contributed by atoms with Gasteiger partial charge in [0.25, 0.3) is 0 Å². The van der Waals surface area contributed by atoms with Crippen LogP contribution in [0.1, 0.15) is 31.0 Å². The van der Waals surface area contributed by atoms with Crippen molar-refractivity contribution in [2.75, 3.05) is 7.11 Å². The highest BCUT2D eigenvalue weighted by Gasteiger charge is 2.40. The van der Waals surface area contributed by atoms with Crippen molar-refractivity contribution in [1.29, 1.82) is 0 Å². The number of nitrogens with two attached hydrogens (primary N) is 1. The number of benzene rings is 1. The minimum absolute atomic E-state index is 0. The third kappa shape index (κ3) is 4.02. The van der Waals surface area contributed by atoms with Gasteiger partial charge in [-0.1, -0.05) is 23.7 Å². The number of esters is 1. The van der Waals surface area contributed by atoms with Crippen molar-refractivity contribution in [3.63, 3.8) is 0 Å². The Morgan fingerprint density at radius 1 is 1.33 bits per heavy atom. The van der Waals surface area contributed by atoms with E-state index in [-0.39, 0.29) is 18.0 Å². The zero-order valence-corrected chi connectivity index (χ0v) is 13.2. The summed E-state index contributed by atoms with van der Waals surface area (Å²) in [6.45, 7) is 2.97. The van der Waals surface area contributed by atoms with Crippen LogP contribution in [0.25, 0.3) is 0 Å². The molecule has 0 radical (unpaired) electrons. The molecule has 0 aliphatic heterocycles. The van der Waals surface area contributed by atoms with E-state index in [9.17, 15) is 18.0 Å². The Morgan fingerprint density at radius 3 is 2.29 bits per heavy atom. The van der Waals surface area contributed by atoms with Crippen LogP contribution in [-0.2, 0) is 15.7 Å². The number of carbonyl (C=O) groups excluding carboxylic acids is 1. The third-order valence-electron chi connectivity index (χ3n) is 3.16. The van der Waals surface area contributed by atoms with Gasteiger partial charge in [0.1, 0.15) is 0 Å². The zero-order valence-electron chi connectivity index (χ0n) is 11.6. The molecule has 0 saturated carbocycles. The van der Waals surface area contributed by atoms with Crippen molar-refractivity contribution in [1.82, 2.24) is 0 Å². The lowest BCUT2D eigenvalue weighted by molar-refractivity contribution is -0.152. The average molecular weight is 346 g/mol. The molecule has 0 unspecified atom stereocenters. The molecule has 0 amide bonds.